The molecule has 2 aliphatic rings. The maximum atomic E-state index is 5.96. The molecule has 1 spiro atoms. The lowest BCUT2D eigenvalue weighted by Crippen LogP contribution is -2.51. The summed E-state index contributed by atoms with van der Waals surface area (Å²) in [7, 11) is 0. The van der Waals surface area contributed by atoms with Crippen LogP contribution in [0.5, 0.6) is 0 Å². The first kappa shape index (κ1) is 12.7. The van der Waals surface area contributed by atoms with Gasteiger partial charge in [-0.3, -0.25) is 11.3 Å². The van der Waals surface area contributed by atoms with Crippen LogP contribution >= 0.6 is 11.8 Å². The normalized spacial score (nSPS) is 30.0. The average molecular weight is 244 g/mol. The van der Waals surface area contributed by atoms with Gasteiger partial charge in [0.2, 0.25) is 0 Å². The van der Waals surface area contributed by atoms with Crippen molar-refractivity contribution in [2.24, 2.45) is 11.8 Å². The summed E-state index contributed by atoms with van der Waals surface area (Å²) < 4.78 is 5.96. The summed E-state index contributed by atoms with van der Waals surface area (Å²) in [5.41, 5.74) is 3.27. The van der Waals surface area contributed by atoms with Crippen LogP contribution in [0.2, 0.25) is 0 Å². The molecule has 4 heteroatoms. The van der Waals surface area contributed by atoms with E-state index in [1.807, 2.05) is 11.8 Å². The van der Waals surface area contributed by atoms with Crippen LogP contribution in [0.1, 0.15) is 38.5 Å². The molecule has 0 aromatic heterocycles. The number of thioether (sulfide) groups is 1. The highest BCUT2D eigenvalue weighted by Gasteiger charge is 2.43. The molecule has 1 saturated carbocycles. The van der Waals surface area contributed by atoms with Crippen molar-refractivity contribution in [2.75, 3.05) is 18.6 Å². The minimum Gasteiger partial charge on any atom is -0.375 e. The molecule has 1 heterocycles. The van der Waals surface area contributed by atoms with Crippen molar-refractivity contribution in [2.45, 2.75) is 50.2 Å². The summed E-state index contributed by atoms with van der Waals surface area (Å²) in [6.07, 6.45) is 9.61. The van der Waals surface area contributed by atoms with E-state index < -0.39 is 0 Å². The fraction of sp³-hybridized carbons (Fsp3) is 1.00. The molecule has 0 amide bonds. The molecule has 0 aromatic carbocycles. The molecular formula is C12H24N2OS. The van der Waals surface area contributed by atoms with Gasteiger partial charge in [0.15, 0.2) is 0 Å². The Balaban J connectivity index is 1.86. The van der Waals surface area contributed by atoms with Crippen LogP contribution in [-0.4, -0.2) is 30.3 Å². The van der Waals surface area contributed by atoms with Crippen molar-refractivity contribution in [3.05, 3.63) is 0 Å². The van der Waals surface area contributed by atoms with E-state index in [2.05, 4.69) is 11.7 Å². The van der Waals surface area contributed by atoms with Gasteiger partial charge in [-0.15, -0.1) is 0 Å². The zero-order chi connectivity index (χ0) is 11.4. The highest BCUT2D eigenvalue weighted by Crippen LogP contribution is 2.45. The Labute approximate surface area is 103 Å². The predicted molar refractivity (Wildman–Crippen MR) is 69.4 cm³/mol. The molecular weight excluding hydrogens is 220 g/mol. The third kappa shape index (κ3) is 2.73. The second-order valence-electron chi connectivity index (χ2n) is 5.19. The fourth-order valence-electron chi connectivity index (χ4n) is 3.03. The number of ether oxygens (including phenoxy) is 1. The molecule has 1 aliphatic heterocycles. The van der Waals surface area contributed by atoms with Crippen LogP contribution in [0.3, 0.4) is 0 Å². The quantitative estimate of drug-likeness (QED) is 0.573. The van der Waals surface area contributed by atoms with E-state index in [0.29, 0.717) is 12.0 Å². The topological polar surface area (TPSA) is 47.3 Å². The molecule has 2 unspecified atom stereocenters. The third-order valence-electron chi connectivity index (χ3n) is 4.21. The molecule has 3 nitrogen and oxygen atoms in total. The first-order chi connectivity index (χ1) is 7.79. The number of nitrogens with two attached hydrogens (primary N) is 1. The van der Waals surface area contributed by atoms with Crippen LogP contribution in [-0.2, 0) is 4.74 Å². The van der Waals surface area contributed by atoms with E-state index in [4.69, 9.17) is 10.6 Å². The van der Waals surface area contributed by atoms with Crippen LogP contribution in [0.15, 0.2) is 0 Å². The van der Waals surface area contributed by atoms with Crippen molar-refractivity contribution in [3.8, 4) is 0 Å². The van der Waals surface area contributed by atoms with E-state index in [-0.39, 0.29) is 5.60 Å². The molecule has 2 rings (SSSR count). The van der Waals surface area contributed by atoms with Gasteiger partial charge in [0.1, 0.15) is 0 Å². The van der Waals surface area contributed by atoms with E-state index in [0.717, 1.165) is 6.61 Å². The Morgan fingerprint density at radius 1 is 1.56 bits per heavy atom. The lowest BCUT2D eigenvalue weighted by molar-refractivity contribution is -0.147. The van der Waals surface area contributed by atoms with Gasteiger partial charge >= 0.3 is 0 Å². The van der Waals surface area contributed by atoms with Gasteiger partial charge in [-0.2, -0.15) is 11.8 Å². The van der Waals surface area contributed by atoms with Gasteiger partial charge < -0.3 is 4.74 Å². The maximum Gasteiger partial charge on any atom is 0.0685 e. The van der Waals surface area contributed by atoms with Crippen LogP contribution in [0.4, 0.5) is 0 Å². The van der Waals surface area contributed by atoms with Gasteiger partial charge in [-0.1, -0.05) is 0 Å². The van der Waals surface area contributed by atoms with Crippen molar-refractivity contribution >= 4 is 11.8 Å². The molecule has 0 radical (unpaired) electrons. The van der Waals surface area contributed by atoms with Crippen LogP contribution in [0, 0.1) is 5.92 Å². The second-order valence-corrected chi connectivity index (χ2v) is 6.18. The molecule has 0 bridgehead atoms. The Bertz CT molecular complexity index is 221. The Morgan fingerprint density at radius 2 is 2.38 bits per heavy atom. The maximum absolute atomic E-state index is 5.96. The SMILES string of the molecule is CSCCC(NN)C1CCOC2(CCC2)C1. The smallest absolute Gasteiger partial charge is 0.0685 e. The van der Waals surface area contributed by atoms with Crippen LogP contribution in [0.25, 0.3) is 0 Å². The second kappa shape index (κ2) is 5.71. The monoisotopic (exact) mass is 244 g/mol. The first-order valence-electron chi connectivity index (χ1n) is 6.39. The van der Waals surface area contributed by atoms with Gasteiger partial charge in [0.05, 0.1) is 5.60 Å². The first-order valence-corrected chi connectivity index (χ1v) is 7.78. The predicted octanol–water partition coefficient (Wildman–Crippen LogP) is 1.92. The lowest BCUT2D eigenvalue weighted by Gasteiger charge is -2.48. The highest BCUT2D eigenvalue weighted by molar-refractivity contribution is 7.98. The largest absolute Gasteiger partial charge is 0.375 e. The highest BCUT2D eigenvalue weighted by atomic mass is 32.2. The summed E-state index contributed by atoms with van der Waals surface area (Å²) in [4.78, 5) is 0. The molecule has 16 heavy (non-hydrogen) atoms. The number of hydrazine groups is 1. The van der Waals surface area contributed by atoms with Crippen molar-refractivity contribution in [1.29, 1.82) is 0 Å². The molecule has 2 atom stereocenters. The Kier molecular flexibility index (Phi) is 4.53. The zero-order valence-corrected chi connectivity index (χ0v) is 11.0. The number of hydrogen-bond donors (Lipinski definition) is 2. The zero-order valence-electron chi connectivity index (χ0n) is 10.2. The minimum atomic E-state index is 0.247. The van der Waals surface area contributed by atoms with Gasteiger partial charge in [-0.25, -0.2) is 0 Å². The fourth-order valence-corrected chi connectivity index (χ4v) is 3.52. The number of nitrogens with one attached hydrogen (secondary N) is 1. The molecule has 1 aliphatic carbocycles. The van der Waals surface area contributed by atoms with Crippen molar-refractivity contribution < 1.29 is 4.74 Å². The van der Waals surface area contributed by atoms with Crippen molar-refractivity contribution in [1.82, 2.24) is 5.43 Å². The summed E-state index contributed by atoms with van der Waals surface area (Å²) >= 11 is 1.90. The number of hydrogen-bond acceptors (Lipinski definition) is 4. The van der Waals surface area contributed by atoms with Gasteiger partial charge in [-0.05, 0) is 56.5 Å². The lowest BCUT2D eigenvalue weighted by atomic mass is 9.70. The summed E-state index contributed by atoms with van der Waals surface area (Å²) in [6, 6.07) is 0.480. The molecule has 2 fully saturated rings. The van der Waals surface area contributed by atoms with Gasteiger partial charge in [0.25, 0.3) is 0 Å². The minimum absolute atomic E-state index is 0.247. The third-order valence-corrected chi connectivity index (χ3v) is 4.86. The van der Waals surface area contributed by atoms with E-state index >= 15 is 0 Å². The summed E-state index contributed by atoms with van der Waals surface area (Å²) in [6.45, 7) is 0.933. The molecule has 1 saturated heterocycles. The van der Waals surface area contributed by atoms with E-state index in [1.54, 1.807) is 0 Å². The Hall–Kier alpha value is 0.230. The summed E-state index contributed by atoms with van der Waals surface area (Å²) in [5, 5.41) is 0. The van der Waals surface area contributed by atoms with Crippen LogP contribution < -0.4 is 11.3 Å². The molecule has 94 valence electrons. The average Bonchev–Trinajstić information content (AvgIpc) is 2.28. The van der Waals surface area contributed by atoms with E-state index in [9.17, 15) is 0 Å². The Morgan fingerprint density at radius 3 is 2.94 bits per heavy atom. The van der Waals surface area contributed by atoms with Crippen molar-refractivity contribution in [3.63, 3.8) is 0 Å². The summed E-state index contributed by atoms with van der Waals surface area (Å²) in [5.74, 6) is 7.60. The molecule has 0 aromatic rings. The number of rotatable bonds is 5. The van der Waals surface area contributed by atoms with Gasteiger partial charge in [0, 0.05) is 12.6 Å². The molecule has 3 N–H and O–H groups in total. The van der Waals surface area contributed by atoms with E-state index in [1.165, 1.54) is 44.3 Å². The standard InChI is InChI=1S/C12H24N2OS/c1-16-8-4-11(14-13)10-3-7-15-12(9-10)5-2-6-12/h10-11,14H,2-9,13H2,1H3.